The van der Waals surface area contributed by atoms with Crippen molar-refractivity contribution in [2.24, 2.45) is 5.92 Å². The molecule has 184 valence electrons. The molecule has 2 unspecified atom stereocenters. The van der Waals surface area contributed by atoms with Gasteiger partial charge in [-0.15, -0.1) is 0 Å². The molecular weight excluding hydrogens is 458 g/mol. The van der Waals surface area contributed by atoms with Gasteiger partial charge in [-0.1, -0.05) is 11.2 Å². The van der Waals surface area contributed by atoms with Crippen LogP contribution >= 0.6 is 0 Å². The molecular formula is C23H25N5O7. The fraction of sp³-hybridized carbons (Fsp3) is 0.391. The predicted molar refractivity (Wildman–Crippen MR) is 121 cm³/mol. The van der Waals surface area contributed by atoms with Crippen molar-refractivity contribution in [2.45, 2.75) is 38.8 Å². The summed E-state index contributed by atoms with van der Waals surface area (Å²) in [6.07, 6.45) is 4.41. The SMILES string of the molecule is Cc1cc(C(=O)Nc2cccn(CC(=O)NC(/C=C3\CCOC3=O)CC3CCNC3=O)c2=O)no1. The Balaban J connectivity index is 1.45. The van der Waals surface area contributed by atoms with Crippen LogP contribution in [-0.4, -0.2) is 52.6 Å². The van der Waals surface area contributed by atoms with Gasteiger partial charge in [0.1, 0.15) is 18.0 Å². The predicted octanol–water partition coefficient (Wildman–Crippen LogP) is 0.281. The average molecular weight is 483 g/mol. The van der Waals surface area contributed by atoms with E-state index in [0.29, 0.717) is 37.1 Å². The van der Waals surface area contributed by atoms with E-state index < -0.39 is 29.4 Å². The fourth-order valence-corrected chi connectivity index (χ4v) is 4.01. The lowest BCUT2D eigenvalue weighted by Gasteiger charge is -2.19. The van der Waals surface area contributed by atoms with Crippen LogP contribution < -0.4 is 21.5 Å². The van der Waals surface area contributed by atoms with E-state index in [4.69, 9.17) is 9.26 Å². The highest BCUT2D eigenvalue weighted by Crippen LogP contribution is 2.20. The van der Waals surface area contributed by atoms with Crippen molar-refractivity contribution in [3.05, 3.63) is 57.9 Å². The molecule has 0 saturated carbocycles. The maximum Gasteiger partial charge on any atom is 0.333 e. The largest absolute Gasteiger partial charge is 0.462 e. The molecule has 12 heteroatoms. The number of anilines is 1. The molecule has 0 radical (unpaired) electrons. The van der Waals surface area contributed by atoms with E-state index in [1.54, 1.807) is 13.0 Å². The van der Waals surface area contributed by atoms with E-state index in [0.717, 1.165) is 4.57 Å². The Labute approximate surface area is 199 Å². The van der Waals surface area contributed by atoms with E-state index in [1.165, 1.54) is 24.4 Å². The number of carbonyl (C=O) groups excluding carboxylic acids is 4. The molecule has 35 heavy (non-hydrogen) atoms. The van der Waals surface area contributed by atoms with E-state index in [-0.39, 0.29) is 36.4 Å². The number of rotatable bonds is 8. The van der Waals surface area contributed by atoms with Crippen LogP contribution in [-0.2, 0) is 25.7 Å². The third-order valence-corrected chi connectivity index (χ3v) is 5.76. The highest BCUT2D eigenvalue weighted by atomic mass is 16.5. The van der Waals surface area contributed by atoms with Crippen molar-refractivity contribution >= 4 is 29.4 Å². The first-order valence-corrected chi connectivity index (χ1v) is 11.2. The van der Waals surface area contributed by atoms with Gasteiger partial charge in [0.2, 0.25) is 11.8 Å². The normalized spacial score (nSPS) is 19.3. The van der Waals surface area contributed by atoms with Crippen LogP contribution in [0.25, 0.3) is 0 Å². The Morgan fingerprint density at radius 1 is 1.34 bits per heavy atom. The molecule has 2 aromatic heterocycles. The van der Waals surface area contributed by atoms with E-state index >= 15 is 0 Å². The number of hydrogen-bond acceptors (Lipinski definition) is 8. The number of ether oxygens (including phenoxy) is 1. The van der Waals surface area contributed by atoms with Gasteiger partial charge >= 0.3 is 5.97 Å². The molecule has 0 bridgehead atoms. The summed E-state index contributed by atoms with van der Waals surface area (Å²) >= 11 is 0. The zero-order valence-electron chi connectivity index (χ0n) is 19.0. The fourth-order valence-electron chi connectivity index (χ4n) is 4.01. The molecule has 2 aromatic rings. The quantitative estimate of drug-likeness (QED) is 0.356. The molecule has 0 aromatic carbocycles. The Kier molecular flexibility index (Phi) is 7.09. The number of cyclic esters (lactones) is 1. The maximum atomic E-state index is 12.8. The number of carbonyl (C=O) groups is 4. The molecule has 0 aliphatic carbocycles. The Hall–Kier alpha value is -4.22. The summed E-state index contributed by atoms with van der Waals surface area (Å²) in [5.74, 6) is -1.50. The number of nitrogens with one attached hydrogen (secondary N) is 3. The Morgan fingerprint density at radius 3 is 2.83 bits per heavy atom. The van der Waals surface area contributed by atoms with Crippen molar-refractivity contribution < 1.29 is 28.4 Å². The maximum absolute atomic E-state index is 12.8. The summed E-state index contributed by atoms with van der Waals surface area (Å²) in [5, 5.41) is 11.6. The Bertz CT molecular complexity index is 1240. The molecule has 0 spiro atoms. The van der Waals surface area contributed by atoms with Crippen LogP contribution in [0.2, 0.25) is 0 Å². The van der Waals surface area contributed by atoms with Gasteiger partial charge in [0.15, 0.2) is 5.69 Å². The standard InChI is InChI=1S/C23H25N5O7/c1-13-9-18(27-35-13)21(31)26-17-3-2-7-28(22(17)32)12-19(29)25-16(10-14-4-6-24-20(14)30)11-15-5-8-34-23(15)33/h2-3,7,9,11,14,16H,4-6,8,10,12H2,1H3,(H,24,30)(H,25,29)(H,26,31)/b15-11+. The summed E-state index contributed by atoms with van der Waals surface area (Å²) in [7, 11) is 0. The summed E-state index contributed by atoms with van der Waals surface area (Å²) in [5.41, 5.74) is -0.146. The average Bonchev–Trinajstić information content (AvgIpc) is 3.54. The first-order valence-electron chi connectivity index (χ1n) is 11.2. The van der Waals surface area contributed by atoms with Gasteiger partial charge in [0, 0.05) is 42.8 Å². The Morgan fingerprint density at radius 2 is 2.17 bits per heavy atom. The van der Waals surface area contributed by atoms with Crippen molar-refractivity contribution in [2.75, 3.05) is 18.5 Å². The number of hydrogen-bond donors (Lipinski definition) is 3. The van der Waals surface area contributed by atoms with Crippen LogP contribution in [0.3, 0.4) is 0 Å². The topological polar surface area (TPSA) is 162 Å². The van der Waals surface area contributed by atoms with Crippen molar-refractivity contribution in [3.63, 3.8) is 0 Å². The second-order valence-corrected chi connectivity index (χ2v) is 8.40. The molecule has 2 atom stereocenters. The molecule has 2 aliphatic rings. The van der Waals surface area contributed by atoms with Crippen molar-refractivity contribution in [3.8, 4) is 0 Å². The van der Waals surface area contributed by atoms with Crippen LogP contribution in [0, 0.1) is 12.8 Å². The van der Waals surface area contributed by atoms with Gasteiger partial charge in [-0.2, -0.15) is 0 Å². The third-order valence-electron chi connectivity index (χ3n) is 5.76. The second kappa shape index (κ2) is 10.4. The lowest BCUT2D eigenvalue weighted by Crippen LogP contribution is -2.40. The van der Waals surface area contributed by atoms with Gasteiger partial charge in [0.05, 0.1) is 6.61 Å². The number of aryl methyl sites for hydroxylation is 1. The highest BCUT2D eigenvalue weighted by molar-refractivity contribution is 6.02. The highest BCUT2D eigenvalue weighted by Gasteiger charge is 2.29. The molecule has 2 fully saturated rings. The minimum atomic E-state index is -0.619. The van der Waals surface area contributed by atoms with Crippen LogP contribution in [0.15, 0.2) is 45.4 Å². The van der Waals surface area contributed by atoms with Crippen molar-refractivity contribution in [1.82, 2.24) is 20.4 Å². The molecule has 3 N–H and O–H groups in total. The number of amides is 3. The van der Waals surface area contributed by atoms with Crippen LogP contribution in [0.5, 0.6) is 0 Å². The first-order chi connectivity index (χ1) is 16.8. The van der Waals surface area contributed by atoms with E-state index in [9.17, 15) is 24.0 Å². The lowest BCUT2D eigenvalue weighted by atomic mass is 9.96. The summed E-state index contributed by atoms with van der Waals surface area (Å²) in [4.78, 5) is 61.8. The minimum Gasteiger partial charge on any atom is -0.462 e. The monoisotopic (exact) mass is 483 g/mol. The van der Waals surface area contributed by atoms with Gasteiger partial charge in [-0.3, -0.25) is 19.2 Å². The van der Waals surface area contributed by atoms with Crippen molar-refractivity contribution in [1.29, 1.82) is 0 Å². The summed E-state index contributed by atoms with van der Waals surface area (Å²) in [6, 6.07) is 3.78. The van der Waals surface area contributed by atoms with Crippen LogP contribution in [0.4, 0.5) is 5.69 Å². The molecule has 4 rings (SSSR count). The molecule has 4 heterocycles. The molecule has 3 amide bonds. The zero-order chi connectivity index (χ0) is 24.9. The summed E-state index contributed by atoms with van der Waals surface area (Å²) in [6.45, 7) is 2.14. The first kappa shape index (κ1) is 23.9. The van der Waals surface area contributed by atoms with E-state index in [2.05, 4.69) is 21.1 Å². The van der Waals surface area contributed by atoms with E-state index in [1.807, 2.05) is 0 Å². The smallest absolute Gasteiger partial charge is 0.333 e. The number of pyridine rings is 1. The van der Waals surface area contributed by atoms with Gasteiger partial charge < -0.3 is 29.8 Å². The molecule has 12 nitrogen and oxygen atoms in total. The van der Waals surface area contributed by atoms with Crippen LogP contribution in [0.1, 0.15) is 35.5 Å². The van der Waals surface area contributed by atoms with Gasteiger partial charge in [-0.25, -0.2) is 4.79 Å². The second-order valence-electron chi connectivity index (χ2n) is 8.40. The van der Waals surface area contributed by atoms with Gasteiger partial charge in [0.25, 0.3) is 11.5 Å². The minimum absolute atomic E-state index is 0.0207. The molecule has 2 saturated heterocycles. The number of esters is 1. The molecule has 2 aliphatic heterocycles. The third kappa shape index (κ3) is 5.83. The number of aromatic nitrogens is 2. The number of nitrogens with zero attached hydrogens (tertiary/aromatic N) is 2. The lowest BCUT2D eigenvalue weighted by molar-refractivity contribution is -0.135. The van der Waals surface area contributed by atoms with Gasteiger partial charge in [-0.05, 0) is 31.9 Å². The summed E-state index contributed by atoms with van der Waals surface area (Å²) < 4.78 is 11.0. The zero-order valence-corrected chi connectivity index (χ0v) is 19.0.